The van der Waals surface area contributed by atoms with E-state index in [2.05, 4.69) is 6.07 Å². The van der Waals surface area contributed by atoms with E-state index in [0.29, 0.717) is 0 Å². The summed E-state index contributed by atoms with van der Waals surface area (Å²) >= 11 is 0. The van der Waals surface area contributed by atoms with Crippen molar-refractivity contribution in [3.8, 4) is 22.6 Å². The fraction of sp³-hybridized carbons (Fsp3) is 0.208. The number of rotatable bonds is 3. The molecule has 142 valence electrons. The molecule has 1 aliphatic heterocycles. The summed E-state index contributed by atoms with van der Waals surface area (Å²) in [6.07, 6.45) is 0. The summed E-state index contributed by atoms with van der Waals surface area (Å²) in [4.78, 5) is 15.5. The number of hydrogen-bond acceptors (Lipinski definition) is 3. The van der Waals surface area contributed by atoms with Gasteiger partial charge in [-0.1, -0.05) is 36.4 Å². The molecule has 0 radical (unpaired) electrons. The highest BCUT2D eigenvalue weighted by molar-refractivity contribution is 6.09. The average molecular weight is 373 g/mol. The van der Waals surface area contributed by atoms with E-state index in [1.807, 2.05) is 74.6 Å². The SMILES string of the molecule is COc1ccc([C@]2(C)C(=O)N(C)c3ccccc3-c3cc(OC)ccc32)cc1. The van der Waals surface area contributed by atoms with E-state index in [-0.39, 0.29) is 5.91 Å². The maximum atomic E-state index is 13.8. The van der Waals surface area contributed by atoms with Gasteiger partial charge in [0.05, 0.1) is 25.3 Å². The number of methoxy groups -OCH3 is 2. The van der Waals surface area contributed by atoms with E-state index >= 15 is 0 Å². The molecule has 1 heterocycles. The lowest BCUT2D eigenvalue weighted by atomic mass is 9.73. The van der Waals surface area contributed by atoms with Crippen molar-refractivity contribution in [1.82, 2.24) is 0 Å². The van der Waals surface area contributed by atoms with E-state index in [1.165, 1.54) is 0 Å². The highest BCUT2D eigenvalue weighted by Crippen LogP contribution is 2.47. The topological polar surface area (TPSA) is 38.8 Å². The first-order valence-electron chi connectivity index (χ1n) is 9.21. The van der Waals surface area contributed by atoms with Crippen molar-refractivity contribution in [1.29, 1.82) is 0 Å². The number of para-hydroxylation sites is 1. The molecule has 4 heteroatoms. The Kier molecular flexibility index (Phi) is 4.34. The first-order chi connectivity index (χ1) is 13.5. The number of anilines is 1. The number of amides is 1. The van der Waals surface area contributed by atoms with Crippen LogP contribution in [0.3, 0.4) is 0 Å². The lowest BCUT2D eigenvalue weighted by Crippen LogP contribution is -2.43. The number of carbonyl (C=O) groups excluding carboxylic acids is 1. The summed E-state index contributed by atoms with van der Waals surface area (Å²) in [5, 5.41) is 0. The van der Waals surface area contributed by atoms with Crippen molar-refractivity contribution >= 4 is 11.6 Å². The predicted octanol–water partition coefficient (Wildman–Crippen LogP) is 4.65. The Morgan fingerprint density at radius 2 is 1.46 bits per heavy atom. The number of carbonyl (C=O) groups is 1. The number of ether oxygens (including phenoxy) is 2. The zero-order valence-corrected chi connectivity index (χ0v) is 16.5. The van der Waals surface area contributed by atoms with Crippen LogP contribution in [0.2, 0.25) is 0 Å². The molecule has 3 aromatic rings. The molecule has 0 aromatic heterocycles. The van der Waals surface area contributed by atoms with Crippen LogP contribution in [-0.2, 0) is 10.2 Å². The summed E-state index contributed by atoms with van der Waals surface area (Å²) in [5.74, 6) is 1.55. The molecule has 1 atom stereocenters. The van der Waals surface area contributed by atoms with Crippen LogP contribution in [0.15, 0.2) is 66.7 Å². The van der Waals surface area contributed by atoms with Crippen LogP contribution in [-0.4, -0.2) is 27.2 Å². The molecule has 0 N–H and O–H groups in total. The van der Waals surface area contributed by atoms with Crippen LogP contribution < -0.4 is 14.4 Å². The van der Waals surface area contributed by atoms with Gasteiger partial charge < -0.3 is 14.4 Å². The summed E-state index contributed by atoms with van der Waals surface area (Å²) in [6.45, 7) is 1.99. The van der Waals surface area contributed by atoms with Crippen LogP contribution in [0.25, 0.3) is 11.1 Å². The number of benzene rings is 3. The second-order valence-electron chi connectivity index (χ2n) is 7.15. The van der Waals surface area contributed by atoms with Crippen molar-refractivity contribution in [2.24, 2.45) is 0 Å². The Labute approximate surface area is 165 Å². The fourth-order valence-corrected chi connectivity index (χ4v) is 4.07. The van der Waals surface area contributed by atoms with Gasteiger partial charge in [-0.3, -0.25) is 4.79 Å². The maximum absolute atomic E-state index is 13.8. The largest absolute Gasteiger partial charge is 0.497 e. The Bertz CT molecular complexity index is 1040. The Hall–Kier alpha value is -3.27. The zero-order valence-electron chi connectivity index (χ0n) is 16.5. The standard InChI is InChI=1S/C24H23NO3/c1-24(16-9-11-17(27-3)12-10-16)21-14-13-18(28-4)15-20(21)19-7-5-6-8-22(19)25(2)23(24)26/h5-15H,1-4H3/t24-/m0/s1. The minimum absolute atomic E-state index is 0.0223. The van der Waals surface area contributed by atoms with Gasteiger partial charge >= 0.3 is 0 Å². The first kappa shape index (κ1) is 18.1. The third kappa shape index (κ3) is 2.56. The van der Waals surface area contributed by atoms with Gasteiger partial charge in [-0.2, -0.15) is 0 Å². The smallest absolute Gasteiger partial charge is 0.241 e. The van der Waals surface area contributed by atoms with Crippen LogP contribution in [0, 0.1) is 0 Å². The van der Waals surface area contributed by atoms with Crippen LogP contribution >= 0.6 is 0 Å². The molecule has 0 fully saturated rings. The third-order valence-electron chi connectivity index (χ3n) is 5.72. The van der Waals surface area contributed by atoms with E-state index in [9.17, 15) is 4.79 Å². The van der Waals surface area contributed by atoms with Crippen LogP contribution in [0.4, 0.5) is 5.69 Å². The molecule has 1 amide bonds. The second kappa shape index (κ2) is 6.71. The maximum Gasteiger partial charge on any atom is 0.241 e. The number of nitrogens with zero attached hydrogens (tertiary/aromatic N) is 1. The van der Waals surface area contributed by atoms with E-state index in [0.717, 1.165) is 39.4 Å². The van der Waals surface area contributed by atoms with Crippen molar-refractivity contribution < 1.29 is 14.3 Å². The molecule has 0 unspecified atom stereocenters. The van der Waals surface area contributed by atoms with Gasteiger partial charge in [0, 0.05) is 12.6 Å². The van der Waals surface area contributed by atoms with Crippen molar-refractivity contribution in [2.75, 3.05) is 26.2 Å². The van der Waals surface area contributed by atoms with E-state index in [4.69, 9.17) is 9.47 Å². The first-order valence-corrected chi connectivity index (χ1v) is 9.21. The minimum Gasteiger partial charge on any atom is -0.497 e. The molecule has 0 spiro atoms. The molecule has 0 aliphatic carbocycles. The summed E-state index contributed by atoms with van der Waals surface area (Å²) in [5.41, 5.74) is 3.95. The van der Waals surface area contributed by atoms with Crippen molar-refractivity contribution in [3.63, 3.8) is 0 Å². The molecular formula is C24H23NO3. The van der Waals surface area contributed by atoms with Gasteiger partial charge in [0.25, 0.3) is 0 Å². The molecule has 0 saturated carbocycles. The van der Waals surface area contributed by atoms with Crippen molar-refractivity contribution in [3.05, 3.63) is 77.9 Å². The van der Waals surface area contributed by atoms with Crippen molar-refractivity contribution in [2.45, 2.75) is 12.3 Å². The van der Waals surface area contributed by atoms with Gasteiger partial charge in [-0.25, -0.2) is 0 Å². The minimum atomic E-state index is -0.846. The van der Waals surface area contributed by atoms with E-state index < -0.39 is 5.41 Å². The highest BCUT2D eigenvalue weighted by Gasteiger charge is 2.44. The number of hydrogen-bond donors (Lipinski definition) is 0. The lowest BCUT2D eigenvalue weighted by molar-refractivity contribution is -0.121. The van der Waals surface area contributed by atoms with E-state index in [1.54, 1.807) is 19.1 Å². The lowest BCUT2D eigenvalue weighted by Gasteiger charge is -2.32. The van der Waals surface area contributed by atoms with Crippen LogP contribution in [0.1, 0.15) is 18.1 Å². The van der Waals surface area contributed by atoms with Gasteiger partial charge in [0.2, 0.25) is 5.91 Å². The predicted molar refractivity (Wildman–Crippen MR) is 111 cm³/mol. The molecule has 28 heavy (non-hydrogen) atoms. The highest BCUT2D eigenvalue weighted by atomic mass is 16.5. The van der Waals surface area contributed by atoms with Gasteiger partial charge in [0.1, 0.15) is 11.5 Å². The van der Waals surface area contributed by atoms with Gasteiger partial charge in [0.15, 0.2) is 0 Å². The molecule has 4 rings (SSSR count). The molecule has 0 bridgehead atoms. The fourth-order valence-electron chi connectivity index (χ4n) is 4.07. The zero-order chi connectivity index (χ0) is 19.9. The monoisotopic (exact) mass is 373 g/mol. The van der Waals surface area contributed by atoms with Gasteiger partial charge in [-0.05, 0) is 53.9 Å². The molecule has 0 saturated heterocycles. The Morgan fingerprint density at radius 3 is 2.14 bits per heavy atom. The number of likely N-dealkylation sites (N-methyl/N-ethyl adjacent to an activating group) is 1. The Balaban J connectivity index is 2.04. The molecule has 3 aromatic carbocycles. The third-order valence-corrected chi connectivity index (χ3v) is 5.72. The second-order valence-corrected chi connectivity index (χ2v) is 7.15. The quantitative estimate of drug-likeness (QED) is 0.671. The summed E-state index contributed by atoms with van der Waals surface area (Å²) < 4.78 is 10.8. The van der Waals surface area contributed by atoms with Crippen LogP contribution in [0.5, 0.6) is 11.5 Å². The molecule has 4 nitrogen and oxygen atoms in total. The summed E-state index contributed by atoms with van der Waals surface area (Å²) in [7, 11) is 5.13. The summed E-state index contributed by atoms with van der Waals surface area (Å²) in [6, 6.07) is 21.7. The normalized spacial score (nSPS) is 18.1. The molecule has 1 aliphatic rings. The molecular weight excluding hydrogens is 350 g/mol. The Morgan fingerprint density at radius 1 is 0.821 bits per heavy atom. The van der Waals surface area contributed by atoms with Gasteiger partial charge in [-0.15, -0.1) is 0 Å². The average Bonchev–Trinajstić information content (AvgIpc) is 2.83. The number of fused-ring (bicyclic) bond motifs is 3.